The molecule has 0 spiro atoms. The summed E-state index contributed by atoms with van der Waals surface area (Å²) in [5.41, 5.74) is 3.41. The zero-order valence-corrected chi connectivity index (χ0v) is 13.5. The first-order chi connectivity index (χ1) is 11.0. The summed E-state index contributed by atoms with van der Waals surface area (Å²) in [6, 6.07) is 12.8. The molecule has 0 saturated heterocycles. The maximum atomic E-state index is 12.4. The summed E-state index contributed by atoms with van der Waals surface area (Å²) in [7, 11) is 0. The monoisotopic (exact) mass is 326 g/mol. The summed E-state index contributed by atoms with van der Waals surface area (Å²) in [6.45, 7) is 3.53. The van der Waals surface area contributed by atoms with Gasteiger partial charge in [0, 0.05) is 17.5 Å². The molecule has 4 nitrogen and oxygen atoms in total. The molecule has 0 aliphatic heterocycles. The highest BCUT2D eigenvalue weighted by molar-refractivity contribution is 6.30. The Balaban J connectivity index is 1.84. The molecule has 3 aromatic rings. The van der Waals surface area contributed by atoms with Gasteiger partial charge in [0.2, 0.25) is 0 Å². The van der Waals surface area contributed by atoms with Crippen molar-refractivity contribution in [3.8, 4) is 0 Å². The summed E-state index contributed by atoms with van der Waals surface area (Å²) in [5.74, 6) is 0.372. The number of hydrogen-bond donors (Lipinski definition) is 1. The standard InChI is InChI=1S/C18H15ClN2O2/c1-11(10-13-6-8-14(19)9-7-13)18(22)21-16-5-3-4-15-17(16)23-12(2)20-15/h3-10H,1-2H3,(H,21,22)/b11-10+. The Morgan fingerprint density at radius 3 is 2.70 bits per heavy atom. The van der Waals surface area contributed by atoms with Gasteiger partial charge in [-0.2, -0.15) is 0 Å². The SMILES string of the molecule is C/C(=C\c1ccc(Cl)cc1)C(=O)Nc1cccc2nc(C)oc12. The van der Waals surface area contributed by atoms with Gasteiger partial charge in [-0.1, -0.05) is 29.8 Å². The minimum atomic E-state index is -0.193. The number of halogens is 1. The number of rotatable bonds is 3. The number of aromatic nitrogens is 1. The van der Waals surface area contributed by atoms with E-state index < -0.39 is 0 Å². The highest BCUT2D eigenvalue weighted by atomic mass is 35.5. The van der Waals surface area contributed by atoms with Crippen molar-refractivity contribution in [3.05, 3.63) is 64.5 Å². The highest BCUT2D eigenvalue weighted by Crippen LogP contribution is 2.24. The number of benzene rings is 2. The van der Waals surface area contributed by atoms with Gasteiger partial charge in [-0.3, -0.25) is 4.79 Å². The quantitative estimate of drug-likeness (QED) is 0.701. The van der Waals surface area contributed by atoms with Crippen LogP contribution in [0.1, 0.15) is 18.4 Å². The lowest BCUT2D eigenvalue weighted by molar-refractivity contribution is -0.112. The topological polar surface area (TPSA) is 55.1 Å². The van der Waals surface area contributed by atoms with E-state index in [1.807, 2.05) is 24.3 Å². The molecule has 1 aromatic heterocycles. The van der Waals surface area contributed by atoms with E-state index in [0.717, 1.165) is 11.1 Å². The zero-order chi connectivity index (χ0) is 16.4. The number of fused-ring (bicyclic) bond motifs is 1. The van der Waals surface area contributed by atoms with Gasteiger partial charge in [-0.15, -0.1) is 0 Å². The lowest BCUT2D eigenvalue weighted by atomic mass is 10.1. The molecule has 5 heteroatoms. The molecule has 0 aliphatic carbocycles. The largest absolute Gasteiger partial charge is 0.439 e. The predicted octanol–water partition coefficient (Wildman–Crippen LogP) is 4.83. The Morgan fingerprint density at radius 1 is 1.22 bits per heavy atom. The van der Waals surface area contributed by atoms with E-state index in [1.54, 1.807) is 38.1 Å². The van der Waals surface area contributed by atoms with Crippen molar-refractivity contribution >= 4 is 40.4 Å². The van der Waals surface area contributed by atoms with Crippen molar-refractivity contribution in [3.63, 3.8) is 0 Å². The number of para-hydroxylation sites is 1. The summed E-state index contributed by atoms with van der Waals surface area (Å²) in [6.07, 6.45) is 1.80. The molecule has 1 amide bonds. The van der Waals surface area contributed by atoms with Crippen LogP contribution >= 0.6 is 11.6 Å². The van der Waals surface area contributed by atoms with E-state index in [-0.39, 0.29) is 5.91 Å². The molecule has 23 heavy (non-hydrogen) atoms. The average Bonchev–Trinajstić information content (AvgIpc) is 2.91. The molecule has 0 radical (unpaired) electrons. The number of nitrogens with zero attached hydrogens (tertiary/aromatic N) is 1. The van der Waals surface area contributed by atoms with Crippen LogP contribution in [0.5, 0.6) is 0 Å². The Morgan fingerprint density at radius 2 is 1.96 bits per heavy atom. The second-order valence-corrected chi connectivity index (χ2v) is 5.66. The normalized spacial score (nSPS) is 11.7. The number of nitrogens with one attached hydrogen (secondary N) is 1. The fraction of sp³-hybridized carbons (Fsp3) is 0.111. The van der Waals surface area contributed by atoms with Crippen LogP contribution in [0.25, 0.3) is 17.2 Å². The maximum Gasteiger partial charge on any atom is 0.251 e. The fourth-order valence-electron chi connectivity index (χ4n) is 2.25. The Kier molecular flexibility index (Phi) is 4.17. The van der Waals surface area contributed by atoms with Crippen LogP contribution in [0.2, 0.25) is 5.02 Å². The number of oxazole rings is 1. The number of carbonyl (C=O) groups excluding carboxylic acids is 1. The summed E-state index contributed by atoms with van der Waals surface area (Å²) >= 11 is 5.86. The summed E-state index contributed by atoms with van der Waals surface area (Å²) in [5, 5.41) is 3.53. The third-order valence-corrected chi connectivity index (χ3v) is 3.63. The number of anilines is 1. The van der Waals surface area contributed by atoms with E-state index in [4.69, 9.17) is 16.0 Å². The maximum absolute atomic E-state index is 12.4. The van der Waals surface area contributed by atoms with Crippen molar-refractivity contribution < 1.29 is 9.21 Å². The van der Waals surface area contributed by atoms with Gasteiger partial charge in [0.1, 0.15) is 5.52 Å². The van der Waals surface area contributed by atoms with Crippen LogP contribution in [-0.4, -0.2) is 10.9 Å². The lowest BCUT2D eigenvalue weighted by Crippen LogP contribution is -2.12. The van der Waals surface area contributed by atoms with Gasteiger partial charge in [-0.25, -0.2) is 4.98 Å². The second-order valence-electron chi connectivity index (χ2n) is 5.22. The van der Waals surface area contributed by atoms with Gasteiger partial charge in [0.05, 0.1) is 5.69 Å². The molecule has 2 aromatic carbocycles. The van der Waals surface area contributed by atoms with Gasteiger partial charge in [0.15, 0.2) is 11.5 Å². The van der Waals surface area contributed by atoms with Crippen molar-refractivity contribution in [1.82, 2.24) is 4.98 Å². The molecule has 0 fully saturated rings. The first-order valence-corrected chi connectivity index (χ1v) is 7.52. The average molecular weight is 327 g/mol. The van der Waals surface area contributed by atoms with Crippen molar-refractivity contribution in [2.45, 2.75) is 13.8 Å². The first-order valence-electron chi connectivity index (χ1n) is 7.14. The molecule has 0 bridgehead atoms. The molecular formula is C18H15ClN2O2. The van der Waals surface area contributed by atoms with E-state index in [1.165, 1.54) is 0 Å². The molecule has 0 saturated carbocycles. The molecule has 0 unspecified atom stereocenters. The fourth-order valence-corrected chi connectivity index (χ4v) is 2.38. The number of carbonyl (C=O) groups is 1. The zero-order valence-electron chi connectivity index (χ0n) is 12.8. The Labute approximate surface area is 138 Å². The van der Waals surface area contributed by atoms with E-state index in [9.17, 15) is 4.79 Å². The molecular weight excluding hydrogens is 312 g/mol. The molecule has 3 rings (SSSR count). The summed E-state index contributed by atoms with van der Waals surface area (Å²) in [4.78, 5) is 16.6. The molecule has 1 heterocycles. The number of amides is 1. The minimum absolute atomic E-state index is 0.193. The van der Waals surface area contributed by atoms with Crippen LogP contribution < -0.4 is 5.32 Å². The van der Waals surface area contributed by atoms with Crippen molar-refractivity contribution in [2.75, 3.05) is 5.32 Å². The van der Waals surface area contributed by atoms with Crippen molar-refractivity contribution in [1.29, 1.82) is 0 Å². The number of aryl methyl sites for hydroxylation is 1. The highest BCUT2D eigenvalue weighted by Gasteiger charge is 2.11. The smallest absolute Gasteiger partial charge is 0.251 e. The van der Waals surface area contributed by atoms with Crippen LogP contribution in [0.15, 0.2) is 52.5 Å². The van der Waals surface area contributed by atoms with Crippen LogP contribution in [-0.2, 0) is 4.79 Å². The van der Waals surface area contributed by atoms with Gasteiger partial charge < -0.3 is 9.73 Å². The van der Waals surface area contributed by atoms with E-state index in [0.29, 0.717) is 27.8 Å². The Bertz CT molecular complexity index is 895. The van der Waals surface area contributed by atoms with E-state index in [2.05, 4.69) is 10.3 Å². The lowest BCUT2D eigenvalue weighted by Gasteiger charge is -2.06. The Hall–Kier alpha value is -2.59. The van der Waals surface area contributed by atoms with E-state index >= 15 is 0 Å². The number of hydrogen-bond acceptors (Lipinski definition) is 3. The summed E-state index contributed by atoms with van der Waals surface area (Å²) < 4.78 is 5.55. The predicted molar refractivity (Wildman–Crippen MR) is 92.5 cm³/mol. The molecule has 1 N–H and O–H groups in total. The minimum Gasteiger partial charge on any atom is -0.439 e. The second kappa shape index (κ2) is 6.26. The van der Waals surface area contributed by atoms with Crippen LogP contribution in [0, 0.1) is 6.92 Å². The third kappa shape index (κ3) is 3.43. The molecule has 0 aliphatic rings. The molecule has 116 valence electrons. The van der Waals surface area contributed by atoms with Gasteiger partial charge in [0.25, 0.3) is 5.91 Å². The van der Waals surface area contributed by atoms with Gasteiger partial charge in [-0.05, 0) is 42.8 Å². The first kappa shape index (κ1) is 15.3. The van der Waals surface area contributed by atoms with Crippen LogP contribution in [0.3, 0.4) is 0 Å². The molecule has 0 atom stereocenters. The van der Waals surface area contributed by atoms with Crippen molar-refractivity contribution in [2.24, 2.45) is 0 Å². The van der Waals surface area contributed by atoms with Crippen LogP contribution in [0.4, 0.5) is 5.69 Å². The third-order valence-electron chi connectivity index (χ3n) is 3.38. The van der Waals surface area contributed by atoms with Gasteiger partial charge >= 0.3 is 0 Å².